The first-order valence-electron chi connectivity index (χ1n) is 6.00. The Morgan fingerprint density at radius 3 is 2.67 bits per heavy atom. The average molecular weight is 259 g/mol. The summed E-state index contributed by atoms with van der Waals surface area (Å²) < 4.78 is 0. The number of thioether (sulfide) groups is 1. The van der Waals surface area contributed by atoms with Gasteiger partial charge in [0, 0.05) is 10.6 Å². The fourth-order valence-corrected chi connectivity index (χ4v) is 2.69. The first-order chi connectivity index (χ1) is 8.74. The Morgan fingerprint density at radius 1 is 1.06 bits per heavy atom. The third-order valence-corrected chi connectivity index (χ3v) is 3.73. The molecule has 0 unspecified atom stereocenters. The molecule has 0 aliphatic carbocycles. The van der Waals surface area contributed by atoms with Crippen LogP contribution in [-0.4, -0.2) is 10.9 Å². The summed E-state index contributed by atoms with van der Waals surface area (Å²) in [6, 6.07) is 15.4. The fraction of sp³-hybridized carbons (Fsp3) is 0.200. The van der Waals surface area contributed by atoms with Gasteiger partial charge in [0.2, 0.25) is 0 Å². The van der Waals surface area contributed by atoms with E-state index in [2.05, 4.69) is 6.07 Å². The molecule has 2 rings (SSSR count). The molecule has 0 spiro atoms. The SMILES string of the molecule is Nc1cccc(CCCSc2cccc(O)c2)c1. The number of phenols is 1. The van der Waals surface area contributed by atoms with Crippen LogP contribution in [0.5, 0.6) is 5.75 Å². The van der Waals surface area contributed by atoms with E-state index in [0.717, 1.165) is 29.2 Å². The normalized spacial score (nSPS) is 10.4. The molecule has 0 bridgehead atoms. The first-order valence-corrected chi connectivity index (χ1v) is 6.99. The number of hydrogen-bond acceptors (Lipinski definition) is 3. The van der Waals surface area contributed by atoms with Crippen LogP contribution < -0.4 is 5.73 Å². The summed E-state index contributed by atoms with van der Waals surface area (Å²) in [6.07, 6.45) is 2.14. The van der Waals surface area contributed by atoms with Crippen LogP contribution in [-0.2, 0) is 6.42 Å². The van der Waals surface area contributed by atoms with Gasteiger partial charge in [0.1, 0.15) is 5.75 Å². The van der Waals surface area contributed by atoms with Crippen molar-refractivity contribution in [2.75, 3.05) is 11.5 Å². The van der Waals surface area contributed by atoms with Crippen molar-refractivity contribution in [3.05, 3.63) is 54.1 Å². The van der Waals surface area contributed by atoms with Crippen LogP contribution in [0, 0.1) is 0 Å². The molecule has 3 heteroatoms. The number of phenolic OH excluding ortho intramolecular Hbond substituents is 1. The van der Waals surface area contributed by atoms with Crippen LogP contribution in [0.2, 0.25) is 0 Å². The third kappa shape index (κ3) is 4.00. The fourth-order valence-electron chi connectivity index (χ4n) is 1.79. The highest BCUT2D eigenvalue weighted by atomic mass is 32.2. The Hall–Kier alpha value is -1.61. The minimum Gasteiger partial charge on any atom is -0.508 e. The van der Waals surface area contributed by atoms with E-state index < -0.39 is 0 Å². The number of benzene rings is 2. The predicted molar refractivity (Wildman–Crippen MR) is 78.0 cm³/mol. The zero-order valence-electron chi connectivity index (χ0n) is 10.2. The molecule has 0 heterocycles. The number of nitrogens with two attached hydrogens (primary N) is 1. The molecule has 0 saturated carbocycles. The van der Waals surface area contributed by atoms with Crippen molar-refractivity contribution < 1.29 is 5.11 Å². The van der Waals surface area contributed by atoms with Gasteiger partial charge in [-0.15, -0.1) is 11.8 Å². The first kappa shape index (κ1) is 12.8. The molecule has 0 aromatic heterocycles. The van der Waals surface area contributed by atoms with E-state index in [1.54, 1.807) is 23.9 Å². The molecule has 94 valence electrons. The second-order valence-corrected chi connectivity index (χ2v) is 5.36. The van der Waals surface area contributed by atoms with Crippen molar-refractivity contribution in [3.8, 4) is 5.75 Å². The second kappa shape index (κ2) is 6.36. The van der Waals surface area contributed by atoms with Gasteiger partial charge >= 0.3 is 0 Å². The van der Waals surface area contributed by atoms with Gasteiger partial charge in [-0.2, -0.15) is 0 Å². The van der Waals surface area contributed by atoms with Crippen molar-refractivity contribution in [3.63, 3.8) is 0 Å². The number of nitrogen functional groups attached to an aromatic ring is 1. The largest absolute Gasteiger partial charge is 0.508 e. The summed E-state index contributed by atoms with van der Waals surface area (Å²) in [4.78, 5) is 1.11. The summed E-state index contributed by atoms with van der Waals surface area (Å²) in [5.41, 5.74) is 7.85. The molecule has 0 aliphatic heterocycles. The molecule has 2 aromatic rings. The Kier molecular flexibility index (Phi) is 4.53. The lowest BCUT2D eigenvalue weighted by Crippen LogP contribution is -1.90. The van der Waals surface area contributed by atoms with E-state index in [0.29, 0.717) is 5.75 Å². The molecule has 0 atom stereocenters. The average Bonchev–Trinajstić information content (AvgIpc) is 2.35. The molecular formula is C15H17NOS. The van der Waals surface area contributed by atoms with Crippen molar-refractivity contribution in [2.24, 2.45) is 0 Å². The maximum atomic E-state index is 9.35. The lowest BCUT2D eigenvalue weighted by Gasteiger charge is -2.04. The lowest BCUT2D eigenvalue weighted by atomic mass is 10.1. The molecule has 0 amide bonds. The van der Waals surface area contributed by atoms with E-state index in [9.17, 15) is 5.11 Å². The molecule has 0 fully saturated rings. The standard InChI is InChI=1S/C15H17NOS/c16-13-6-1-4-12(10-13)5-3-9-18-15-8-2-7-14(17)11-15/h1-2,4,6-8,10-11,17H,3,5,9,16H2. The Bertz CT molecular complexity index is 466. The highest BCUT2D eigenvalue weighted by Crippen LogP contribution is 2.23. The van der Waals surface area contributed by atoms with Crippen LogP contribution in [0.1, 0.15) is 12.0 Å². The Morgan fingerprint density at radius 2 is 1.89 bits per heavy atom. The highest BCUT2D eigenvalue weighted by molar-refractivity contribution is 7.99. The summed E-state index contributed by atoms with van der Waals surface area (Å²) >= 11 is 1.77. The van der Waals surface area contributed by atoms with Gasteiger partial charge in [0.05, 0.1) is 0 Å². The number of hydrogen-bond donors (Lipinski definition) is 2. The monoisotopic (exact) mass is 259 g/mol. The number of anilines is 1. The summed E-state index contributed by atoms with van der Waals surface area (Å²) in [6.45, 7) is 0. The van der Waals surface area contributed by atoms with Gasteiger partial charge in [-0.05, 0) is 54.5 Å². The minimum atomic E-state index is 0.329. The molecule has 2 aromatic carbocycles. The van der Waals surface area contributed by atoms with Crippen LogP contribution in [0.15, 0.2) is 53.4 Å². The van der Waals surface area contributed by atoms with Crippen LogP contribution >= 0.6 is 11.8 Å². The third-order valence-electron chi connectivity index (χ3n) is 2.65. The molecule has 3 N–H and O–H groups in total. The van der Waals surface area contributed by atoms with E-state index >= 15 is 0 Å². The molecule has 18 heavy (non-hydrogen) atoms. The molecular weight excluding hydrogens is 242 g/mol. The molecule has 0 saturated heterocycles. The zero-order valence-corrected chi connectivity index (χ0v) is 11.0. The summed E-state index contributed by atoms with van der Waals surface area (Å²) in [7, 11) is 0. The van der Waals surface area contributed by atoms with Crippen molar-refractivity contribution in [1.82, 2.24) is 0 Å². The van der Waals surface area contributed by atoms with Crippen LogP contribution in [0.3, 0.4) is 0 Å². The van der Waals surface area contributed by atoms with Gasteiger partial charge in [-0.1, -0.05) is 18.2 Å². The Labute approximate surface area is 112 Å². The maximum Gasteiger partial charge on any atom is 0.116 e. The second-order valence-electron chi connectivity index (χ2n) is 4.19. The van der Waals surface area contributed by atoms with Gasteiger partial charge in [-0.3, -0.25) is 0 Å². The maximum absolute atomic E-state index is 9.35. The molecule has 0 radical (unpaired) electrons. The zero-order chi connectivity index (χ0) is 12.8. The minimum absolute atomic E-state index is 0.329. The topological polar surface area (TPSA) is 46.2 Å². The van der Waals surface area contributed by atoms with Gasteiger partial charge in [-0.25, -0.2) is 0 Å². The van der Waals surface area contributed by atoms with Gasteiger partial charge in [0.15, 0.2) is 0 Å². The molecule has 2 nitrogen and oxygen atoms in total. The van der Waals surface area contributed by atoms with Crippen LogP contribution in [0.25, 0.3) is 0 Å². The van der Waals surface area contributed by atoms with E-state index in [1.165, 1.54) is 5.56 Å². The predicted octanol–water partition coefficient (Wildman–Crippen LogP) is 3.70. The number of rotatable bonds is 5. The quantitative estimate of drug-likeness (QED) is 0.489. The van der Waals surface area contributed by atoms with E-state index in [-0.39, 0.29) is 0 Å². The summed E-state index contributed by atoms with van der Waals surface area (Å²) in [5, 5.41) is 9.35. The van der Waals surface area contributed by atoms with Crippen molar-refractivity contribution in [1.29, 1.82) is 0 Å². The van der Waals surface area contributed by atoms with Crippen molar-refractivity contribution >= 4 is 17.4 Å². The number of aryl methyl sites for hydroxylation is 1. The van der Waals surface area contributed by atoms with Gasteiger partial charge in [0.25, 0.3) is 0 Å². The lowest BCUT2D eigenvalue weighted by molar-refractivity contribution is 0.474. The molecule has 0 aliphatic rings. The highest BCUT2D eigenvalue weighted by Gasteiger charge is 1.97. The van der Waals surface area contributed by atoms with E-state index in [1.807, 2.05) is 30.3 Å². The Balaban J connectivity index is 1.76. The van der Waals surface area contributed by atoms with Gasteiger partial charge < -0.3 is 10.8 Å². The number of aromatic hydroxyl groups is 1. The van der Waals surface area contributed by atoms with E-state index in [4.69, 9.17) is 5.73 Å². The van der Waals surface area contributed by atoms with Crippen LogP contribution in [0.4, 0.5) is 5.69 Å². The smallest absolute Gasteiger partial charge is 0.116 e. The summed E-state index contributed by atoms with van der Waals surface area (Å²) in [5.74, 6) is 1.37. The van der Waals surface area contributed by atoms with Crippen molar-refractivity contribution in [2.45, 2.75) is 17.7 Å².